The third kappa shape index (κ3) is 2.58. The molecular weight excluding hydrogens is 242 g/mol. The largest absolute Gasteiger partial charge is 0.325 e. The molecule has 0 fully saturated rings. The lowest BCUT2D eigenvalue weighted by molar-refractivity contribution is -0.114. The monoisotopic (exact) mass is 255 g/mol. The Balaban J connectivity index is 3.15. The van der Waals surface area contributed by atoms with Crippen LogP contribution in [0.25, 0.3) is 0 Å². The maximum absolute atomic E-state index is 11.0. The Morgan fingerprint density at radius 2 is 2.07 bits per heavy atom. The molecule has 0 aliphatic rings. The predicted octanol–water partition coefficient (Wildman–Crippen LogP) is 3.53. The molecule has 1 aromatic carbocycles. The molecule has 0 atom stereocenters. The second-order valence-electron chi connectivity index (χ2n) is 3.54. The van der Waals surface area contributed by atoms with E-state index in [2.05, 4.69) is 35.1 Å². The van der Waals surface area contributed by atoms with Gasteiger partial charge in [-0.3, -0.25) is 4.79 Å². The molecule has 2 nitrogen and oxygen atoms in total. The fourth-order valence-corrected chi connectivity index (χ4v) is 1.81. The van der Waals surface area contributed by atoms with Gasteiger partial charge in [-0.1, -0.05) is 26.0 Å². The highest BCUT2D eigenvalue weighted by Crippen LogP contribution is 2.31. The Kier molecular flexibility index (Phi) is 3.69. The van der Waals surface area contributed by atoms with Crippen LogP contribution in [0.3, 0.4) is 0 Å². The number of halogens is 1. The van der Waals surface area contributed by atoms with Gasteiger partial charge < -0.3 is 5.32 Å². The van der Waals surface area contributed by atoms with Gasteiger partial charge in [0.2, 0.25) is 5.91 Å². The van der Waals surface area contributed by atoms with E-state index in [0.717, 1.165) is 15.7 Å². The summed E-state index contributed by atoms with van der Waals surface area (Å²) < 4.78 is 0.930. The molecule has 0 heterocycles. The van der Waals surface area contributed by atoms with E-state index in [1.807, 2.05) is 18.2 Å². The lowest BCUT2D eigenvalue weighted by Crippen LogP contribution is -2.09. The highest BCUT2D eigenvalue weighted by atomic mass is 79.9. The molecule has 76 valence electrons. The molecule has 0 bridgehead atoms. The summed E-state index contributed by atoms with van der Waals surface area (Å²) in [5.74, 6) is 0.355. The van der Waals surface area contributed by atoms with E-state index in [-0.39, 0.29) is 5.91 Å². The zero-order chi connectivity index (χ0) is 10.7. The number of benzene rings is 1. The predicted molar refractivity (Wildman–Crippen MR) is 62.5 cm³/mol. The van der Waals surface area contributed by atoms with E-state index in [1.165, 1.54) is 6.92 Å². The van der Waals surface area contributed by atoms with Crippen LogP contribution < -0.4 is 5.32 Å². The van der Waals surface area contributed by atoms with Crippen molar-refractivity contribution in [2.75, 3.05) is 5.32 Å². The molecule has 1 rings (SSSR count). The van der Waals surface area contributed by atoms with Gasteiger partial charge in [0.05, 0.1) is 5.69 Å². The van der Waals surface area contributed by atoms with Crippen molar-refractivity contribution in [3.63, 3.8) is 0 Å². The van der Waals surface area contributed by atoms with Gasteiger partial charge in [-0.05, 0) is 33.5 Å². The van der Waals surface area contributed by atoms with Gasteiger partial charge in [-0.2, -0.15) is 0 Å². The van der Waals surface area contributed by atoms with Crippen molar-refractivity contribution in [1.82, 2.24) is 0 Å². The molecule has 0 saturated carbocycles. The number of carbonyl (C=O) groups excluding carboxylic acids is 1. The molecule has 1 amide bonds. The van der Waals surface area contributed by atoms with Crippen LogP contribution in [-0.4, -0.2) is 5.91 Å². The minimum atomic E-state index is -0.0428. The molecule has 0 aliphatic carbocycles. The summed E-state index contributed by atoms with van der Waals surface area (Å²) in [5, 5.41) is 2.84. The zero-order valence-electron chi connectivity index (χ0n) is 8.60. The molecule has 14 heavy (non-hydrogen) atoms. The van der Waals surface area contributed by atoms with Crippen molar-refractivity contribution < 1.29 is 4.79 Å². The molecule has 0 aromatic heterocycles. The quantitative estimate of drug-likeness (QED) is 0.861. The summed E-state index contributed by atoms with van der Waals surface area (Å²) in [6, 6.07) is 5.93. The highest BCUT2D eigenvalue weighted by molar-refractivity contribution is 9.10. The van der Waals surface area contributed by atoms with Crippen molar-refractivity contribution in [3.05, 3.63) is 28.2 Å². The number of rotatable bonds is 2. The fraction of sp³-hybridized carbons (Fsp3) is 0.364. The van der Waals surface area contributed by atoms with Crippen LogP contribution in [0, 0.1) is 0 Å². The number of amides is 1. The van der Waals surface area contributed by atoms with Crippen molar-refractivity contribution in [2.24, 2.45) is 0 Å². The van der Waals surface area contributed by atoms with E-state index in [1.54, 1.807) is 0 Å². The van der Waals surface area contributed by atoms with Gasteiger partial charge in [0.1, 0.15) is 0 Å². The Morgan fingerprint density at radius 1 is 1.43 bits per heavy atom. The maximum Gasteiger partial charge on any atom is 0.221 e. The number of para-hydroxylation sites is 1. The molecule has 0 unspecified atom stereocenters. The van der Waals surface area contributed by atoms with Gasteiger partial charge >= 0.3 is 0 Å². The zero-order valence-corrected chi connectivity index (χ0v) is 10.2. The Labute approximate surface area is 92.8 Å². The van der Waals surface area contributed by atoms with Crippen LogP contribution in [0.1, 0.15) is 32.3 Å². The Morgan fingerprint density at radius 3 is 2.57 bits per heavy atom. The van der Waals surface area contributed by atoms with E-state index in [9.17, 15) is 4.79 Å². The van der Waals surface area contributed by atoms with E-state index >= 15 is 0 Å². The summed E-state index contributed by atoms with van der Waals surface area (Å²) in [6.07, 6.45) is 0. The second kappa shape index (κ2) is 4.60. The average molecular weight is 256 g/mol. The Bertz CT molecular complexity index is 347. The van der Waals surface area contributed by atoms with Crippen molar-refractivity contribution in [1.29, 1.82) is 0 Å². The van der Waals surface area contributed by atoms with Gasteiger partial charge in [0.25, 0.3) is 0 Å². The summed E-state index contributed by atoms with van der Waals surface area (Å²) >= 11 is 3.43. The first-order valence-corrected chi connectivity index (χ1v) is 5.37. The molecule has 0 saturated heterocycles. The lowest BCUT2D eigenvalue weighted by Gasteiger charge is -2.14. The van der Waals surface area contributed by atoms with Gasteiger partial charge in [-0.25, -0.2) is 0 Å². The van der Waals surface area contributed by atoms with Crippen LogP contribution >= 0.6 is 15.9 Å². The first-order chi connectivity index (χ1) is 6.52. The third-order valence-electron chi connectivity index (χ3n) is 1.97. The summed E-state index contributed by atoms with van der Waals surface area (Å²) in [6.45, 7) is 5.73. The van der Waals surface area contributed by atoms with Crippen molar-refractivity contribution >= 4 is 27.5 Å². The first kappa shape index (κ1) is 11.2. The molecular formula is C11H14BrNO. The molecule has 1 N–H and O–H groups in total. The summed E-state index contributed by atoms with van der Waals surface area (Å²) in [7, 11) is 0. The van der Waals surface area contributed by atoms with E-state index < -0.39 is 0 Å². The lowest BCUT2D eigenvalue weighted by atomic mass is 10.0. The molecule has 0 radical (unpaired) electrons. The highest BCUT2D eigenvalue weighted by Gasteiger charge is 2.10. The second-order valence-corrected chi connectivity index (χ2v) is 4.39. The smallest absolute Gasteiger partial charge is 0.221 e. The van der Waals surface area contributed by atoms with Crippen LogP contribution in [0.2, 0.25) is 0 Å². The molecule has 0 spiro atoms. The van der Waals surface area contributed by atoms with Gasteiger partial charge in [0, 0.05) is 11.4 Å². The SMILES string of the molecule is CC(=O)Nc1c(Br)cccc1C(C)C. The summed E-state index contributed by atoms with van der Waals surface area (Å²) in [5.41, 5.74) is 2.03. The number of hydrogen-bond donors (Lipinski definition) is 1. The third-order valence-corrected chi connectivity index (χ3v) is 2.63. The van der Waals surface area contributed by atoms with E-state index in [4.69, 9.17) is 0 Å². The standard InChI is InChI=1S/C11H14BrNO/c1-7(2)9-5-4-6-10(12)11(9)13-8(3)14/h4-7H,1-3H3,(H,13,14). The normalized spacial score (nSPS) is 10.4. The van der Waals surface area contributed by atoms with Crippen molar-refractivity contribution in [2.45, 2.75) is 26.7 Å². The summed E-state index contributed by atoms with van der Waals surface area (Å²) in [4.78, 5) is 11.0. The van der Waals surface area contributed by atoms with Crippen LogP contribution in [0.4, 0.5) is 5.69 Å². The van der Waals surface area contributed by atoms with E-state index in [0.29, 0.717) is 5.92 Å². The van der Waals surface area contributed by atoms with Crippen LogP contribution in [0.5, 0.6) is 0 Å². The fourth-order valence-electron chi connectivity index (χ4n) is 1.33. The minimum Gasteiger partial charge on any atom is -0.325 e. The maximum atomic E-state index is 11.0. The van der Waals surface area contributed by atoms with Gasteiger partial charge in [0.15, 0.2) is 0 Å². The molecule has 1 aromatic rings. The number of hydrogen-bond acceptors (Lipinski definition) is 1. The molecule has 0 aliphatic heterocycles. The molecule has 3 heteroatoms. The van der Waals surface area contributed by atoms with Crippen LogP contribution in [-0.2, 0) is 4.79 Å². The average Bonchev–Trinajstić information content (AvgIpc) is 2.07. The number of nitrogens with one attached hydrogen (secondary N) is 1. The van der Waals surface area contributed by atoms with Crippen molar-refractivity contribution in [3.8, 4) is 0 Å². The van der Waals surface area contributed by atoms with Crippen LogP contribution in [0.15, 0.2) is 22.7 Å². The first-order valence-electron chi connectivity index (χ1n) is 4.58. The topological polar surface area (TPSA) is 29.1 Å². The Hall–Kier alpha value is -0.830. The number of carbonyl (C=O) groups is 1. The number of anilines is 1. The minimum absolute atomic E-state index is 0.0428. The van der Waals surface area contributed by atoms with Gasteiger partial charge in [-0.15, -0.1) is 0 Å².